The SMILES string of the molecule is Cc1ccc(C(N)CN(CCC(C)C)C2CCCC2)cc1. The Kier molecular flexibility index (Phi) is 6.25. The topological polar surface area (TPSA) is 29.3 Å². The van der Waals surface area contributed by atoms with Crippen molar-refractivity contribution in [3.63, 3.8) is 0 Å². The molecule has 1 aromatic carbocycles. The summed E-state index contributed by atoms with van der Waals surface area (Å²) in [5.74, 6) is 0.768. The first-order valence-corrected chi connectivity index (χ1v) is 8.62. The highest BCUT2D eigenvalue weighted by Gasteiger charge is 2.24. The van der Waals surface area contributed by atoms with E-state index in [0.717, 1.165) is 18.5 Å². The molecule has 0 radical (unpaired) electrons. The number of nitrogens with zero attached hydrogens (tertiary/aromatic N) is 1. The first-order valence-electron chi connectivity index (χ1n) is 8.62. The first-order chi connectivity index (χ1) is 10.1. The second kappa shape index (κ2) is 7.95. The van der Waals surface area contributed by atoms with Crippen LogP contribution in [0.4, 0.5) is 0 Å². The van der Waals surface area contributed by atoms with Crippen molar-refractivity contribution in [2.24, 2.45) is 11.7 Å². The van der Waals surface area contributed by atoms with Gasteiger partial charge in [-0.3, -0.25) is 4.90 Å². The minimum absolute atomic E-state index is 0.137. The highest BCUT2D eigenvalue weighted by molar-refractivity contribution is 5.24. The highest BCUT2D eigenvalue weighted by atomic mass is 15.2. The Morgan fingerprint density at radius 3 is 2.33 bits per heavy atom. The van der Waals surface area contributed by atoms with Crippen molar-refractivity contribution < 1.29 is 0 Å². The molecule has 2 nitrogen and oxygen atoms in total. The lowest BCUT2D eigenvalue weighted by atomic mass is 10.0. The zero-order chi connectivity index (χ0) is 15.2. The molecule has 1 atom stereocenters. The molecule has 2 N–H and O–H groups in total. The molecule has 0 aliphatic heterocycles. The van der Waals surface area contributed by atoms with Crippen molar-refractivity contribution in [1.82, 2.24) is 4.90 Å². The fraction of sp³-hybridized carbons (Fsp3) is 0.684. The molecule has 0 bridgehead atoms. The van der Waals surface area contributed by atoms with E-state index >= 15 is 0 Å². The van der Waals surface area contributed by atoms with Crippen LogP contribution in [0.2, 0.25) is 0 Å². The second-order valence-corrected chi connectivity index (χ2v) is 7.13. The first kappa shape index (κ1) is 16.5. The number of rotatable bonds is 7. The van der Waals surface area contributed by atoms with E-state index < -0.39 is 0 Å². The maximum Gasteiger partial charge on any atom is 0.0424 e. The van der Waals surface area contributed by atoms with Crippen LogP contribution in [0.15, 0.2) is 24.3 Å². The summed E-state index contributed by atoms with van der Waals surface area (Å²) >= 11 is 0. The number of nitrogens with two attached hydrogens (primary N) is 1. The number of hydrogen-bond acceptors (Lipinski definition) is 2. The lowest BCUT2D eigenvalue weighted by Crippen LogP contribution is -2.39. The lowest BCUT2D eigenvalue weighted by molar-refractivity contribution is 0.177. The quantitative estimate of drug-likeness (QED) is 0.811. The van der Waals surface area contributed by atoms with Gasteiger partial charge in [-0.25, -0.2) is 0 Å². The average molecular weight is 288 g/mol. The molecular weight excluding hydrogens is 256 g/mol. The van der Waals surface area contributed by atoms with Crippen molar-refractivity contribution in [3.05, 3.63) is 35.4 Å². The fourth-order valence-corrected chi connectivity index (χ4v) is 3.29. The van der Waals surface area contributed by atoms with Crippen molar-refractivity contribution in [2.75, 3.05) is 13.1 Å². The molecule has 0 amide bonds. The predicted molar refractivity (Wildman–Crippen MR) is 91.4 cm³/mol. The van der Waals surface area contributed by atoms with Gasteiger partial charge >= 0.3 is 0 Å². The zero-order valence-electron chi connectivity index (χ0n) is 14.0. The maximum atomic E-state index is 6.48. The van der Waals surface area contributed by atoms with Crippen molar-refractivity contribution in [1.29, 1.82) is 0 Å². The molecule has 21 heavy (non-hydrogen) atoms. The molecule has 1 fully saturated rings. The molecule has 118 valence electrons. The van der Waals surface area contributed by atoms with Crippen molar-refractivity contribution >= 4 is 0 Å². The lowest BCUT2D eigenvalue weighted by Gasteiger charge is -2.32. The standard InChI is InChI=1S/C19H32N2/c1-15(2)12-13-21(18-6-4-5-7-18)14-19(20)17-10-8-16(3)9-11-17/h8-11,15,18-19H,4-7,12-14,20H2,1-3H3. The fourth-order valence-electron chi connectivity index (χ4n) is 3.29. The molecule has 1 saturated carbocycles. The van der Waals surface area contributed by atoms with Gasteiger partial charge in [0.15, 0.2) is 0 Å². The van der Waals surface area contributed by atoms with Crippen LogP contribution in [-0.2, 0) is 0 Å². The van der Waals surface area contributed by atoms with E-state index in [1.165, 1.54) is 49.8 Å². The Labute approximate surface area is 130 Å². The monoisotopic (exact) mass is 288 g/mol. The van der Waals surface area contributed by atoms with Crippen LogP contribution in [-0.4, -0.2) is 24.0 Å². The smallest absolute Gasteiger partial charge is 0.0424 e. The van der Waals surface area contributed by atoms with Crippen LogP contribution in [0, 0.1) is 12.8 Å². The van der Waals surface area contributed by atoms with Gasteiger partial charge in [-0.1, -0.05) is 56.5 Å². The summed E-state index contributed by atoms with van der Waals surface area (Å²) in [7, 11) is 0. The molecular formula is C19H32N2. The Morgan fingerprint density at radius 2 is 1.76 bits per heavy atom. The summed E-state index contributed by atoms with van der Waals surface area (Å²) in [5.41, 5.74) is 9.05. The molecule has 0 aromatic heterocycles. The summed E-state index contributed by atoms with van der Waals surface area (Å²) in [6, 6.07) is 9.62. The van der Waals surface area contributed by atoms with Gasteiger partial charge in [0.1, 0.15) is 0 Å². The number of hydrogen-bond donors (Lipinski definition) is 1. The van der Waals surface area contributed by atoms with Gasteiger partial charge < -0.3 is 5.73 Å². The van der Waals surface area contributed by atoms with Gasteiger partial charge in [0.05, 0.1) is 0 Å². The Balaban J connectivity index is 1.97. The normalized spacial score (nSPS) is 17.8. The third-order valence-electron chi connectivity index (χ3n) is 4.77. The molecule has 0 heterocycles. The van der Waals surface area contributed by atoms with E-state index in [0.29, 0.717) is 0 Å². The van der Waals surface area contributed by atoms with E-state index in [2.05, 4.69) is 49.9 Å². The minimum atomic E-state index is 0.137. The van der Waals surface area contributed by atoms with E-state index in [9.17, 15) is 0 Å². The van der Waals surface area contributed by atoms with Crippen molar-refractivity contribution in [2.45, 2.75) is 65.0 Å². The Hall–Kier alpha value is -0.860. The van der Waals surface area contributed by atoms with Crippen LogP contribution in [0.1, 0.15) is 63.1 Å². The average Bonchev–Trinajstić information content (AvgIpc) is 2.97. The summed E-state index contributed by atoms with van der Waals surface area (Å²) in [6.07, 6.45) is 6.78. The second-order valence-electron chi connectivity index (χ2n) is 7.13. The molecule has 1 unspecified atom stereocenters. The summed E-state index contributed by atoms with van der Waals surface area (Å²) in [6.45, 7) is 8.95. The van der Waals surface area contributed by atoms with E-state index in [-0.39, 0.29) is 6.04 Å². The van der Waals surface area contributed by atoms with Crippen molar-refractivity contribution in [3.8, 4) is 0 Å². The van der Waals surface area contributed by atoms with Gasteiger partial charge in [-0.05, 0) is 44.2 Å². The molecule has 0 spiro atoms. The van der Waals surface area contributed by atoms with Gasteiger partial charge in [0, 0.05) is 18.6 Å². The summed E-state index contributed by atoms with van der Waals surface area (Å²) < 4.78 is 0. The van der Waals surface area contributed by atoms with Gasteiger partial charge in [-0.15, -0.1) is 0 Å². The number of benzene rings is 1. The summed E-state index contributed by atoms with van der Waals surface area (Å²) in [5, 5.41) is 0. The van der Waals surface area contributed by atoms with Crippen LogP contribution in [0.5, 0.6) is 0 Å². The third-order valence-corrected chi connectivity index (χ3v) is 4.77. The molecule has 1 aliphatic carbocycles. The molecule has 1 aromatic rings. The Morgan fingerprint density at radius 1 is 1.14 bits per heavy atom. The molecule has 2 heteroatoms. The van der Waals surface area contributed by atoms with Crippen LogP contribution in [0.25, 0.3) is 0 Å². The third kappa shape index (κ3) is 5.12. The predicted octanol–water partition coefficient (Wildman–Crippen LogP) is 4.29. The van der Waals surface area contributed by atoms with E-state index in [4.69, 9.17) is 5.73 Å². The molecule has 2 rings (SSSR count). The van der Waals surface area contributed by atoms with Gasteiger partial charge in [0.2, 0.25) is 0 Å². The molecule has 1 aliphatic rings. The summed E-state index contributed by atoms with van der Waals surface area (Å²) in [4.78, 5) is 2.66. The van der Waals surface area contributed by atoms with Crippen LogP contribution < -0.4 is 5.73 Å². The van der Waals surface area contributed by atoms with Gasteiger partial charge in [-0.2, -0.15) is 0 Å². The van der Waals surface area contributed by atoms with Gasteiger partial charge in [0.25, 0.3) is 0 Å². The van der Waals surface area contributed by atoms with Crippen LogP contribution in [0.3, 0.4) is 0 Å². The van der Waals surface area contributed by atoms with Crippen LogP contribution >= 0.6 is 0 Å². The maximum absolute atomic E-state index is 6.48. The Bertz CT molecular complexity index is 404. The number of aryl methyl sites for hydroxylation is 1. The molecule has 0 saturated heterocycles. The van der Waals surface area contributed by atoms with E-state index in [1.807, 2.05) is 0 Å². The largest absolute Gasteiger partial charge is 0.323 e. The minimum Gasteiger partial charge on any atom is -0.323 e. The highest BCUT2D eigenvalue weighted by Crippen LogP contribution is 2.26. The zero-order valence-corrected chi connectivity index (χ0v) is 14.0. The van der Waals surface area contributed by atoms with E-state index in [1.54, 1.807) is 0 Å².